The van der Waals surface area contributed by atoms with Crippen molar-refractivity contribution < 1.29 is 27.1 Å². The van der Waals surface area contributed by atoms with Gasteiger partial charge in [0.1, 0.15) is 12.7 Å². The fraction of sp³-hybridized carbons (Fsp3) is 0.429. The lowest BCUT2D eigenvalue weighted by Crippen LogP contribution is -2.47. The third-order valence-corrected chi connectivity index (χ3v) is 1.12. The molecule has 0 heterocycles. The van der Waals surface area contributed by atoms with E-state index >= 15 is 0 Å². The van der Waals surface area contributed by atoms with Crippen LogP contribution in [0.4, 0.5) is 17.6 Å². The lowest BCUT2D eigenvalue weighted by atomic mass is 10.2. The Morgan fingerprint density at radius 2 is 2.00 bits per heavy atom. The largest absolute Gasteiger partial charge is 0.457 e. The van der Waals surface area contributed by atoms with Gasteiger partial charge in [-0.1, -0.05) is 12.7 Å². The predicted molar refractivity (Wildman–Crippen MR) is 36.7 cm³/mol. The highest BCUT2D eigenvalue weighted by Gasteiger charge is 2.64. The van der Waals surface area contributed by atoms with Crippen LogP contribution in [0.3, 0.4) is 0 Å². The summed E-state index contributed by atoms with van der Waals surface area (Å²) in [4.78, 5) is 10.4. The summed E-state index contributed by atoms with van der Waals surface area (Å²) >= 11 is 0. The second-order valence-electron chi connectivity index (χ2n) is 2.15. The third-order valence-electron chi connectivity index (χ3n) is 1.12. The Kier molecular flexibility index (Phi) is 3.62. The Labute approximate surface area is 76.6 Å². The molecule has 0 aromatic rings. The van der Waals surface area contributed by atoms with Gasteiger partial charge in [-0.25, -0.2) is 4.79 Å². The van der Waals surface area contributed by atoms with E-state index in [-0.39, 0.29) is 6.07 Å². The Morgan fingerprint density at radius 1 is 1.50 bits per heavy atom. The Bertz CT molecular complexity index is 282. The van der Waals surface area contributed by atoms with E-state index in [1.807, 2.05) is 0 Å². The number of nitrogens with zero attached hydrogens (tertiary/aromatic N) is 1. The second-order valence-corrected chi connectivity index (χ2v) is 2.15. The lowest BCUT2D eigenvalue weighted by molar-refractivity contribution is -0.209. The first-order valence-electron chi connectivity index (χ1n) is 3.24. The monoisotopic (exact) mass is 211 g/mol. The SMILES string of the molecule is C=CCOC(=O)C(F)(F)C(F)(F)C#N. The normalized spacial score (nSPS) is 11.6. The van der Waals surface area contributed by atoms with E-state index in [2.05, 4.69) is 11.3 Å². The number of esters is 1. The molecule has 78 valence electrons. The van der Waals surface area contributed by atoms with Crippen LogP contribution in [0.1, 0.15) is 0 Å². The Hall–Kier alpha value is -1.58. The Morgan fingerprint density at radius 3 is 2.36 bits per heavy atom. The highest BCUT2D eigenvalue weighted by atomic mass is 19.3. The summed E-state index contributed by atoms with van der Waals surface area (Å²) in [6.45, 7) is 2.39. The van der Waals surface area contributed by atoms with Gasteiger partial charge in [-0.2, -0.15) is 22.8 Å². The molecule has 0 unspecified atom stereocenters. The van der Waals surface area contributed by atoms with E-state index in [1.165, 1.54) is 0 Å². The van der Waals surface area contributed by atoms with Crippen LogP contribution >= 0.6 is 0 Å². The van der Waals surface area contributed by atoms with Crippen LogP contribution in [0.2, 0.25) is 0 Å². The molecule has 0 aliphatic rings. The van der Waals surface area contributed by atoms with Crippen LogP contribution in [-0.2, 0) is 9.53 Å². The van der Waals surface area contributed by atoms with Crippen molar-refractivity contribution in [3.05, 3.63) is 12.7 Å². The summed E-state index contributed by atoms with van der Waals surface area (Å²) < 4.78 is 52.9. The molecule has 0 saturated carbocycles. The first kappa shape index (κ1) is 12.4. The molecule has 0 spiro atoms. The molecule has 0 aromatic carbocycles. The standard InChI is InChI=1S/C7H5F4NO2/c1-2-3-14-5(13)7(10,11)6(8,9)4-12/h2H,1,3H2. The fourth-order valence-electron chi connectivity index (χ4n) is 0.424. The molecule has 0 N–H and O–H groups in total. The van der Waals surface area contributed by atoms with Crippen LogP contribution in [0.5, 0.6) is 0 Å². The first-order chi connectivity index (χ1) is 6.29. The number of hydrogen-bond donors (Lipinski definition) is 0. The summed E-state index contributed by atoms with van der Waals surface area (Å²) in [5.41, 5.74) is 0. The summed E-state index contributed by atoms with van der Waals surface area (Å²) in [7, 11) is 0. The maximum Gasteiger partial charge on any atom is 0.418 e. The van der Waals surface area contributed by atoms with Crippen LogP contribution in [0, 0.1) is 11.3 Å². The number of nitriles is 1. The van der Waals surface area contributed by atoms with Crippen LogP contribution in [-0.4, -0.2) is 24.4 Å². The van der Waals surface area contributed by atoms with Crippen LogP contribution in [0.15, 0.2) is 12.7 Å². The minimum absolute atomic E-state index is 0.0289. The van der Waals surface area contributed by atoms with Crippen molar-refractivity contribution in [1.82, 2.24) is 0 Å². The van der Waals surface area contributed by atoms with Crippen molar-refractivity contribution in [3.8, 4) is 6.07 Å². The number of rotatable bonds is 4. The highest BCUT2D eigenvalue weighted by molar-refractivity contribution is 5.79. The quantitative estimate of drug-likeness (QED) is 0.402. The van der Waals surface area contributed by atoms with Gasteiger partial charge in [-0.15, -0.1) is 0 Å². The first-order valence-corrected chi connectivity index (χ1v) is 3.24. The van der Waals surface area contributed by atoms with Gasteiger partial charge < -0.3 is 4.74 Å². The van der Waals surface area contributed by atoms with Crippen LogP contribution < -0.4 is 0 Å². The molecule has 7 heteroatoms. The van der Waals surface area contributed by atoms with Gasteiger partial charge in [0.15, 0.2) is 0 Å². The molecule has 3 nitrogen and oxygen atoms in total. The number of hydrogen-bond acceptors (Lipinski definition) is 3. The second kappa shape index (κ2) is 4.09. The van der Waals surface area contributed by atoms with Gasteiger partial charge >= 0.3 is 17.8 Å². The third kappa shape index (κ3) is 2.22. The van der Waals surface area contributed by atoms with Gasteiger partial charge in [0, 0.05) is 0 Å². The zero-order valence-electron chi connectivity index (χ0n) is 6.77. The molecule has 0 rings (SSSR count). The van der Waals surface area contributed by atoms with Gasteiger partial charge in [0.25, 0.3) is 0 Å². The van der Waals surface area contributed by atoms with Crippen molar-refractivity contribution in [2.24, 2.45) is 0 Å². The minimum Gasteiger partial charge on any atom is -0.457 e. The summed E-state index contributed by atoms with van der Waals surface area (Å²) in [6, 6.07) is 0.0289. The highest BCUT2D eigenvalue weighted by Crippen LogP contribution is 2.34. The minimum atomic E-state index is -5.15. The van der Waals surface area contributed by atoms with E-state index in [0.717, 1.165) is 6.08 Å². The molecule has 0 bridgehead atoms. The van der Waals surface area contributed by atoms with E-state index < -0.39 is 24.4 Å². The van der Waals surface area contributed by atoms with Crippen molar-refractivity contribution in [2.45, 2.75) is 11.8 Å². The fourth-order valence-corrected chi connectivity index (χ4v) is 0.424. The molecule has 0 aliphatic heterocycles. The van der Waals surface area contributed by atoms with E-state index in [0.29, 0.717) is 0 Å². The van der Waals surface area contributed by atoms with Gasteiger partial charge in [0.05, 0.1) is 0 Å². The van der Waals surface area contributed by atoms with Crippen molar-refractivity contribution in [1.29, 1.82) is 5.26 Å². The molecule has 0 atom stereocenters. The predicted octanol–water partition coefficient (Wildman–Crippen LogP) is 1.51. The van der Waals surface area contributed by atoms with Gasteiger partial charge in [-0.05, 0) is 0 Å². The molecule has 0 fully saturated rings. The number of ether oxygens (including phenoxy) is 1. The molecule has 0 radical (unpaired) electrons. The lowest BCUT2D eigenvalue weighted by Gasteiger charge is -2.18. The van der Waals surface area contributed by atoms with E-state index in [4.69, 9.17) is 5.26 Å². The molecular weight excluding hydrogens is 206 g/mol. The van der Waals surface area contributed by atoms with Crippen molar-refractivity contribution in [3.63, 3.8) is 0 Å². The molecular formula is C7H5F4NO2. The van der Waals surface area contributed by atoms with Crippen molar-refractivity contribution >= 4 is 5.97 Å². The zero-order chi connectivity index (χ0) is 11.4. The van der Waals surface area contributed by atoms with E-state index in [1.54, 1.807) is 0 Å². The van der Waals surface area contributed by atoms with Crippen molar-refractivity contribution in [2.75, 3.05) is 6.61 Å². The number of halogens is 4. The van der Waals surface area contributed by atoms with E-state index in [9.17, 15) is 22.4 Å². The average Bonchev–Trinajstić information content (AvgIpc) is 2.13. The molecule has 0 amide bonds. The molecule has 0 aliphatic carbocycles. The average molecular weight is 211 g/mol. The van der Waals surface area contributed by atoms with Crippen LogP contribution in [0.25, 0.3) is 0 Å². The zero-order valence-corrected chi connectivity index (χ0v) is 6.77. The topological polar surface area (TPSA) is 50.1 Å². The van der Waals surface area contributed by atoms with Gasteiger partial charge in [-0.3, -0.25) is 0 Å². The summed E-state index contributed by atoms with van der Waals surface area (Å²) in [5, 5.41) is 7.70. The maximum absolute atomic E-state index is 12.4. The molecule has 0 aromatic heterocycles. The molecule has 0 saturated heterocycles. The number of carbonyl (C=O) groups is 1. The Balaban J connectivity index is 4.70. The maximum atomic E-state index is 12.4. The molecule has 14 heavy (non-hydrogen) atoms. The summed E-state index contributed by atoms with van der Waals surface area (Å²) in [5.74, 6) is -12.7. The summed E-state index contributed by atoms with van der Waals surface area (Å²) in [6.07, 6.45) is 0.929. The van der Waals surface area contributed by atoms with Gasteiger partial charge in [0.2, 0.25) is 0 Å². The number of alkyl halides is 4. The smallest absolute Gasteiger partial charge is 0.418 e. The number of carbonyl (C=O) groups excluding carboxylic acids is 1.